The molecule has 3 aromatic carbocycles. The maximum atomic E-state index is 13.9. The van der Waals surface area contributed by atoms with E-state index in [-0.39, 0.29) is 35.3 Å². The Hall–Kier alpha value is -5.08. The Kier molecular flexibility index (Phi) is 12.9. The summed E-state index contributed by atoms with van der Waals surface area (Å²) in [4.78, 5) is 44.6. The van der Waals surface area contributed by atoms with Gasteiger partial charge in [-0.1, -0.05) is 72.7 Å². The van der Waals surface area contributed by atoms with E-state index in [1.165, 1.54) is 25.2 Å². The molecular weight excluding hydrogens is 659 g/mol. The molecule has 4 aromatic rings. The summed E-state index contributed by atoms with van der Waals surface area (Å²) in [5.74, 6) is -0.425. The lowest BCUT2D eigenvalue weighted by molar-refractivity contribution is -0.123. The summed E-state index contributed by atoms with van der Waals surface area (Å²) in [6, 6.07) is 21.3. The van der Waals surface area contributed by atoms with E-state index in [1.807, 2.05) is 74.5 Å². The van der Waals surface area contributed by atoms with Gasteiger partial charge in [0.05, 0.1) is 24.0 Å². The van der Waals surface area contributed by atoms with Crippen LogP contribution >= 0.6 is 0 Å². The molecule has 1 aromatic heterocycles. The Morgan fingerprint density at radius 1 is 0.840 bits per heavy atom. The van der Waals surface area contributed by atoms with Crippen molar-refractivity contribution in [3.63, 3.8) is 0 Å². The minimum Gasteiger partial charge on any atom is -0.348 e. The Labute approximate surface area is 293 Å². The summed E-state index contributed by atoms with van der Waals surface area (Å²) in [6.45, 7) is 7.42. The molecule has 0 radical (unpaired) electrons. The number of nitrogens with zero attached hydrogens (tertiary/aromatic N) is 3. The molecule has 3 amide bonds. The first-order chi connectivity index (χ1) is 23.7. The van der Waals surface area contributed by atoms with Crippen LogP contribution in [-0.2, 0) is 27.7 Å². The molecule has 0 aliphatic heterocycles. The number of anilines is 1. The van der Waals surface area contributed by atoms with Crippen LogP contribution in [0.1, 0.15) is 83.3 Å². The number of hydrogen-bond acceptors (Lipinski definition) is 9. The Morgan fingerprint density at radius 2 is 1.44 bits per heavy atom. The van der Waals surface area contributed by atoms with Gasteiger partial charge in [-0.05, 0) is 56.5 Å². The van der Waals surface area contributed by atoms with Crippen LogP contribution in [0.25, 0.3) is 0 Å². The van der Waals surface area contributed by atoms with Gasteiger partial charge in [-0.2, -0.15) is 4.98 Å². The predicted molar refractivity (Wildman–Crippen MR) is 191 cm³/mol. The molecular formula is C36H45N7O6S. The van der Waals surface area contributed by atoms with Gasteiger partial charge in [-0.3, -0.25) is 18.7 Å². The maximum Gasteiger partial charge on any atom is 0.251 e. The third kappa shape index (κ3) is 10.5. The average Bonchev–Trinajstić information content (AvgIpc) is 3.60. The van der Waals surface area contributed by atoms with Crippen molar-refractivity contribution in [2.24, 2.45) is 0 Å². The molecule has 4 atom stereocenters. The Morgan fingerprint density at radius 3 is 2.02 bits per heavy atom. The highest BCUT2D eigenvalue weighted by atomic mass is 32.2. The number of benzene rings is 3. The van der Waals surface area contributed by atoms with Crippen molar-refractivity contribution < 1.29 is 27.3 Å². The van der Waals surface area contributed by atoms with Crippen molar-refractivity contribution in [1.82, 2.24) is 31.4 Å². The summed E-state index contributed by atoms with van der Waals surface area (Å²) < 4.78 is 31.2. The van der Waals surface area contributed by atoms with Gasteiger partial charge >= 0.3 is 0 Å². The number of hydrogen-bond donors (Lipinski definition) is 4. The third-order valence-electron chi connectivity index (χ3n) is 8.20. The van der Waals surface area contributed by atoms with Gasteiger partial charge in [0.15, 0.2) is 5.82 Å². The largest absolute Gasteiger partial charge is 0.348 e. The molecule has 0 bridgehead atoms. The molecule has 4 N–H and O–H groups in total. The van der Waals surface area contributed by atoms with Gasteiger partial charge in [0, 0.05) is 37.2 Å². The molecule has 4 rings (SSSR count). The molecule has 0 aliphatic carbocycles. The molecule has 1 heterocycles. The second-order valence-corrected chi connectivity index (χ2v) is 14.2. The van der Waals surface area contributed by atoms with Crippen LogP contribution in [0.2, 0.25) is 0 Å². The van der Waals surface area contributed by atoms with Crippen molar-refractivity contribution in [2.45, 2.75) is 64.7 Å². The summed E-state index contributed by atoms with van der Waals surface area (Å²) in [7, 11) is -2.36. The van der Waals surface area contributed by atoms with Gasteiger partial charge in [-0.15, -0.1) is 0 Å². The van der Waals surface area contributed by atoms with Gasteiger partial charge in [0.1, 0.15) is 6.04 Å². The fourth-order valence-electron chi connectivity index (χ4n) is 5.09. The monoisotopic (exact) mass is 703 g/mol. The van der Waals surface area contributed by atoms with Crippen LogP contribution in [0.15, 0.2) is 83.4 Å². The normalized spacial score (nSPS) is 13.8. The second-order valence-electron chi connectivity index (χ2n) is 12.2. The van der Waals surface area contributed by atoms with Crippen molar-refractivity contribution in [3.8, 4) is 0 Å². The van der Waals surface area contributed by atoms with E-state index in [2.05, 4.69) is 31.4 Å². The summed E-state index contributed by atoms with van der Waals surface area (Å²) >= 11 is 0. The number of amides is 3. The number of rotatable bonds is 16. The van der Waals surface area contributed by atoms with Gasteiger partial charge in [0.2, 0.25) is 21.8 Å². The first kappa shape index (κ1) is 37.7. The molecule has 13 nitrogen and oxygen atoms in total. The van der Waals surface area contributed by atoms with Crippen molar-refractivity contribution in [3.05, 3.63) is 113 Å². The Bertz CT molecular complexity index is 1870. The molecule has 0 fully saturated rings. The van der Waals surface area contributed by atoms with E-state index in [0.29, 0.717) is 24.6 Å². The molecule has 0 saturated heterocycles. The number of sulfonamides is 1. The molecule has 266 valence electrons. The lowest BCUT2D eigenvalue weighted by Crippen LogP contribution is -2.50. The zero-order valence-corrected chi connectivity index (χ0v) is 30.0. The minimum atomic E-state index is -3.71. The van der Waals surface area contributed by atoms with Crippen LogP contribution in [0.3, 0.4) is 0 Å². The quantitative estimate of drug-likeness (QED) is 0.136. The van der Waals surface area contributed by atoms with Crippen LogP contribution in [0.5, 0.6) is 0 Å². The lowest BCUT2D eigenvalue weighted by Gasteiger charge is -2.24. The fourth-order valence-corrected chi connectivity index (χ4v) is 5.58. The minimum absolute atomic E-state index is 0.0965. The predicted octanol–water partition coefficient (Wildman–Crippen LogP) is 3.72. The number of aryl methyl sites for hydroxylation is 1. The second kappa shape index (κ2) is 17.0. The van der Waals surface area contributed by atoms with Crippen LogP contribution in [-0.4, -0.2) is 68.2 Å². The number of carbonyl (C=O) groups is 3. The lowest BCUT2D eigenvalue weighted by atomic mass is 10.0. The third-order valence-corrected chi connectivity index (χ3v) is 9.41. The van der Waals surface area contributed by atoms with Gasteiger partial charge < -0.3 is 25.8 Å². The molecule has 0 aliphatic rings. The highest BCUT2D eigenvalue weighted by Crippen LogP contribution is 2.22. The van der Waals surface area contributed by atoms with Crippen molar-refractivity contribution in [2.75, 3.05) is 24.2 Å². The number of nitrogens with one attached hydrogen (secondary N) is 4. The van der Waals surface area contributed by atoms with Crippen molar-refractivity contribution >= 4 is 33.4 Å². The van der Waals surface area contributed by atoms with Crippen LogP contribution in [0.4, 0.5) is 5.69 Å². The zero-order chi connectivity index (χ0) is 36.4. The zero-order valence-electron chi connectivity index (χ0n) is 29.1. The van der Waals surface area contributed by atoms with Gasteiger partial charge in [-0.25, -0.2) is 8.42 Å². The Balaban J connectivity index is 1.53. The van der Waals surface area contributed by atoms with E-state index < -0.39 is 40.0 Å². The van der Waals surface area contributed by atoms with E-state index in [4.69, 9.17) is 4.52 Å². The first-order valence-electron chi connectivity index (χ1n) is 16.4. The van der Waals surface area contributed by atoms with E-state index in [0.717, 1.165) is 21.7 Å². The topological polar surface area (TPSA) is 176 Å². The summed E-state index contributed by atoms with van der Waals surface area (Å²) in [6.07, 6.45) is 2.08. The molecule has 0 spiro atoms. The molecule has 0 saturated carbocycles. The first-order valence-corrected chi connectivity index (χ1v) is 18.3. The smallest absolute Gasteiger partial charge is 0.251 e. The van der Waals surface area contributed by atoms with Gasteiger partial charge in [0.25, 0.3) is 11.8 Å². The van der Waals surface area contributed by atoms with Crippen LogP contribution < -0.4 is 25.6 Å². The SMILES string of the molecule is CCc1noc([C@H](C)NC(=O)[C@H](C)NC[C@H](Cc2ccccc2)NC(=O)c2cc(C(=O)N[C@H](C)c3ccccc3)cc(N(C)S(C)(=O)=O)c2)n1. The van der Waals surface area contributed by atoms with E-state index in [9.17, 15) is 22.8 Å². The molecule has 50 heavy (non-hydrogen) atoms. The van der Waals surface area contributed by atoms with Crippen LogP contribution in [0, 0.1) is 0 Å². The summed E-state index contributed by atoms with van der Waals surface area (Å²) in [5, 5.41) is 15.9. The van der Waals surface area contributed by atoms with E-state index in [1.54, 1.807) is 13.8 Å². The number of carbonyl (C=O) groups excluding carboxylic acids is 3. The van der Waals surface area contributed by atoms with Crippen molar-refractivity contribution in [1.29, 1.82) is 0 Å². The summed E-state index contributed by atoms with van der Waals surface area (Å²) in [5.41, 5.74) is 2.21. The van der Waals surface area contributed by atoms with E-state index >= 15 is 0 Å². The highest BCUT2D eigenvalue weighted by Gasteiger charge is 2.24. The fraction of sp³-hybridized carbons (Fsp3) is 0.361. The number of aromatic nitrogens is 2. The molecule has 14 heteroatoms. The maximum absolute atomic E-state index is 13.9. The molecule has 0 unspecified atom stereocenters. The highest BCUT2D eigenvalue weighted by molar-refractivity contribution is 7.92. The standard InChI is InChI=1S/C36H45N7O6S/c1-7-32-41-36(49-42-32)25(4)39-33(44)24(3)37-22-30(18-26-14-10-8-11-15-26)40-35(46)29-19-28(20-31(21-29)43(5)50(6,47)48)34(45)38-23(2)27-16-12-9-13-17-27/h8-17,19-21,23-25,30,37H,7,18,22H2,1-6H3,(H,38,45)(H,39,44)(H,40,46)/t23-,24+,25+,30+/m1/s1. The average molecular weight is 704 g/mol.